The van der Waals surface area contributed by atoms with E-state index in [1.54, 1.807) is 0 Å². The summed E-state index contributed by atoms with van der Waals surface area (Å²) in [5.74, 6) is 2.83. The molecule has 0 aliphatic rings. The third-order valence-electron chi connectivity index (χ3n) is 3.80. The van der Waals surface area contributed by atoms with Crippen molar-refractivity contribution >= 4 is 19.9 Å². The minimum atomic E-state index is -1.33. The minimum Gasteiger partial charge on any atom is -0.151 e. The standard InChI is InChI=1S/C21H21ClS/c22-23(16-19-10-4-1-5-11-19,17-20-12-6-2-7-13-20)18-21-14-8-3-9-15-21/h1-15H,16-18H2. The van der Waals surface area contributed by atoms with Crippen LogP contribution in [0.1, 0.15) is 16.7 Å². The largest absolute Gasteiger partial charge is 0.151 e. The molecule has 0 heterocycles. The molecule has 0 amide bonds. The lowest BCUT2D eigenvalue weighted by Crippen LogP contribution is -2.04. The zero-order valence-corrected chi connectivity index (χ0v) is 14.6. The van der Waals surface area contributed by atoms with Crippen molar-refractivity contribution in [1.29, 1.82) is 0 Å². The Kier molecular flexibility index (Phi) is 5.43. The molecule has 3 rings (SSSR count). The molecule has 0 fully saturated rings. The maximum atomic E-state index is 7.23. The molecule has 0 aliphatic carbocycles. The first-order chi connectivity index (χ1) is 11.2. The lowest BCUT2D eigenvalue weighted by Gasteiger charge is -2.33. The van der Waals surface area contributed by atoms with Gasteiger partial charge < -0.3 is 0 Å². The summed E-state index contributed by atoms with van der Waals surface area (Å²) < 4.78 is 0. The Morgan fingerprint density at radius 3 is 1.00 bits per heavy atom. The molecule has 3 aromatic carbocycles. The Labute approximate surface area is 145 Å². The van der Waals surface area contributed by atoms with Crippen LogP contribution in [0.2, 0.25) is 0 Å². The van der Waals surface area contributed by atoms with Crippen molar-refractivity contribution in [2.45, 2.75) is 17.3 Å². The fraction of sp³-hybridized carbons (Fsp3) is 0.143. The molecule has 3 aromatic rings. The van der Waals surface area contributed by atoms with E-state index in [1.807, 2.05) is 0 Å². The zero-order valence-electron chi connectivity index (χ0n) is 13.1. The van der Waals surface area contributed by atoms with Gasteiger partial charge in [-0.2, -0.15) is 9.24 Å². The number of rotatable bonds is 6. The van der Waals surface area contributed by atoms with Gasteiger partial charge in [-0.05, 0) is 16.7 Å². The normalized spacial score (nSPS) is 12.0. The van der Waals surface area contributed by atoms with E-state index < -0.39 is 9.24 Å². The van der Waals surface area contributed by atoms with Crippen molar-refractivity contribution < 1.29 is 0 Å². The topological polar surface area (TPSA) is 0 Å². The Bertz CT molecular complexity index is 609. The van der Waals surface area contributed by atoms with Crippen molar-refractivity contribution in [3.05, 3.63) is 108 Å². The molecule has 0 saturated heterocycles. The van der Waals surface area contributed by atoms with Crippen LogP contribution >= 0.6 is 19.9 Å². The SMILES string of the molecule is ClS(Cc1ccccc1)(Cc1ccccc1)Cc1ccccc1. The second-order valence-electron chi connectivity index (χ2n) is 5.83. The smallest absolute Gasteiger partial charge is 0.0157 e. The van der Waals surface area contributed by atoms with Crippen molar-refractivity contribution in [2.24, 2.45) is 0 Å². The molecule has 0 radical (unpaired) electrons. The fourth-order valence-corrected chi connectivity index (χ4v) is 6.58. The molecular formula is C21H21ClS. The number of benzene rings is 3. The van der Waals surface area contributed by atoms with Gasteiger partial charge in [-0.1, -0.05) is 102 Å². The van der Waals surface area contributed by atoms with Crippen LogP contribution in [0.3, 0.4) is 0 Å². The first-order valence-corrected chi connectivity index (χ1v) is 10.8. The van der Waals surface area contributed by atoms with Crippen molar-refractivity contribution in [3.63, 3.8) is 0 Å². The van der Waals surface area contributed by atoms with Gasteiger partial charge in [0.1, 0.15) is 0 Å². The first-order valence-electron chi connectivity index (χ1n) is 7.81. The van der Waals surface area contributed by atoms with E-state index in [0.29, 0.717) is 0 Å². The molecule has 0 saturated carbocycles. The van der Waals surface area contributed by atoms with Crippen LogP contribution in [0.25, 0.3) is 0 Å². The Morgan fingerprint density at radius 1 is 0.478 bits per heavy atom. The number of hydrogen-bond donors (Lipinski definition) is 0. The molecule has 23 heavy (non-hydrogen) atoms. The zero-order chi connectivity index (χ0) is 16.0. The van der Waals surface area contributed by atoms with Gasteiger partial charge in [0, 0.05) is 17.3 Å². The van der Waals surface area contributed by atoms with E-state index in [-0.39, 0.29) is 0 Å². The molecular weight excluding hydrogens is 320 g/mol. The predicted molar refractivity (Wildman–Crippen MR) is 104 cm³/mol. The molecule has 0 atom stereocenters. The van der Waals surface area contributed by atoms with Gasteiger partial charge in [-0.25, -0.2) is 0 Å². The molecule has 0 spiro atoms. The average molecular weight is 341 g/mol. The highest BCUT2D eigenvalue weighted by molar-refractivity contribution is 8.49. The predicted octanol–water partition coefficient (Wildman–Crippen LogP) is 6.55. The summed E-state index contributed by atoms with van der Waals surface area (Å²) in [4.78, 5) is 0. The second kappa shape index (κ2) is 7.72. The van der Waals surface area contributed by atoms with Crippen LogP contribution in [0.4, 0.5) is 0 Å². The molecule has 0 aliphatic heterocycles. The minimum absolute atomic E-state index is 0.944. The van der Waals surface area contributed by atoms with Gasteiger partial charge >= 0.3 is 0 Å². The first kappa shape index (κ1) is 16.2. The van der Waals surface area contributed by atoms with E-state index in [4.69, 9.17) is 10.7 Å². The Balaban J connectivity index is 1.85. The van der Waals surface area contributed by atoms with Crippen LogP contribution in [0.5, 0.6) is 0 Å². The molecule has 0 bridgehead atoms. The van der Waals surface area contributed by atoms with E-state index in [2.05, 4.69) is 91.0 Å². The van der Waals surface area contributed by atoms with E-state index >= 15 is 0 Å². The molecule has 0 N–H and O–H groups in total. The lowest BCUT2D eigenvalue weighted by atomic mass is 10.2. The van der Waals surface area contributed by atoms with Crippen molar-refractivity contribution in [3.8, 4) is 0 Å². The van der Waals surface area contributed by atoms with Gasteiger partial charge in [0.05, 0.1) is 0 Å². The highest BCUT2D eigenvalue weighted by atomic mass is 35.7. The van der Waals surface area contributed by atoms with Gasteiger partial charge in [0.15, 0.2) is 0 Å². The second-order valence-corrected chi connectivity index (χ2v) is 10.5. The lowest BCUT2D eigenvalue weighted by molar-refractivity contribution is 1.28. The quantitative estimate of drug-likeness (QED) is 0.477. The summed E-state index contributed by atoms with van der Waals surface area (Å²) in [5, 5.41) is 0. The average Bonchev–Trinajstić information content (AvgIpc) is 2.57. The van der Waals surface area contributed by atoms with Crippen molar-refractivity contribution in [2.75, 3.05) is 0 Å². The summed E-state index contributed by atoms with van der Waals surface area (Å²) in [6, 6.07) is 31.8. The van der Waals surface area contributed by atoms with Crippen LogP contribution in [0.15, 0.2) is 91.0 Å². The van der Waals surface area contributed by atoms with Gasteiger partial charge in [-0.15, -0.1) is 0 Å². The molecule has 0 nitrogen and oxygen atoms in total. The summed E-state index contributed by atoms with van der Waals surface area (Å²) in [5.41, 5.74) is 3.97. The van der Waals surface area contributed by atoms with Gasteiger partial charge in [0.2, 0.25) is 0 Å². The van der Waals surface area contributed by atoms with Gasteiger partial charge in [-0.3, -0.25) is 0 Å². The van der Waals surface area contributed by atoms with E-state index in [9.17, 15) is 0 Å². The molecule has 118 valence electrons. The number of halogens is 1. The maximum absolute atomic E-state index is 7.23. The van der Waals surface area contributed by atoms with E-state index in [1.165, 1.54) is 16.7 Å². The highest BCUT2D eigenvalue weighted by Crippen LogP contribution is 2.61. The third-order valence-corrected chi connectivity index (χ3v) is 7.34. The van der Waals surface area contributed by atoms with Gasteiger partial charge in [0.25, 0.3) is 0 Å². The van der Waals surface area contributed by atoms with Crippen molar-refractivity contribution in [1.82, 2.24) is 0 Å². The monoisotopic (exact) mass is 340 g/mol. The number of hydrogen-bond acceptors (Lipinski definition) is 0. The molecule has 0 aromatic heterocycles. The Morgan fingerprint density at radius 2 is 0.739 bits per heavy atom. The van der Waals surface area contributed by atoms with Crippen LogP contribution in [0, 0.1) is 0 Å². The molecule has 2 heteroatoms. The highest BCUT2D eigenvalue weighted by Gasteiger charge is 2.23. The van der Waals surface area contributed by atoms with Crippen LogP contribution < -0.4 is 0 Å². The summed E-state index contributed by atoms with van der Waals surface area (Å²) >= 11 is 0. The van der Waals surface area contributed by atoms with Crippen LogP contribution in [-0.2, 0) is 17.3 Å². The summed E-state index contributed by atoms with van der Waals surface area (Å²) in [6.07, 6.45) is 0. The van der Waals surface area contributed by atoms with Crippen LogP contribution in [-0.4, -0.2) is 0 Å². The summed E-state index contributed by atoms with van der Waals surface area (Å²) in [6.45, 7) is 0. The maximum Gasteiger partial charge on any atom is 0.0157 e. The fourth-order valence-electron chi connectivity index (χ4n) is 2.77. The Hall–Kier alpha value is -1.70. The third kappa shape index (κ3) is 4.89. The summed E-state index contributed by atoms with van der Waals surface area (Å²) in [7, 11) is 5.90. The van der Waals surface area contributed by atoms with E-state index in [0.717, 1.165) is 17.3 Å². The molecule has 0 unspecified atom stereocenters.